The Labute approximate surface area is 226 Å². The number of aryl methyl sites for hydroxylation is 3. The second kappa shape index (κ2) is 10.7. The van der Waals surface area contributed by atoms with Crippen LogP contribution in [-0.2, 0) is 15.1 Å². The number of ether oxygens (including phenoxy) is 2. The van der Waals surface area contributed by atoms with Gasteiger partial charge in [0.15, 0.2) is 6.23 Å². The average molecular weight is 529 g/mol. The molecular weight excluding hydrogens is 496 g/mol. The molecule has 0 amide bonds. The van der Waals surface area contributed by atoms with Crippen molar-refractivity contribution in [2.75, 3.05) is 12.3 Å². The molecule has 1 aliphatic heterocycles. The van der Waals surface area contributed by atoms with Gasteiger partial charge in [-0.3, -0.25) is 0 Å². The molecule has 0 spiro atoms. The molecule has 4 atom stereocenters. The maximum atomic E-state index is 12.3. The van der Waals surface area contributed by atoms with Crippen LogP contribution in [0.3, 0.4) is 0 Å². The van der Waals surface area contributed by atoms with E-state index in [1.54, 1.807) is 0 Å². The van der Waals surface area contributed by atoms with Gasteiger partial charge in [0.25, 0.3) is 0 Å². The lowest BCUT2D eigenvalue weighted by Crippen LogP contribution is -2.40. The molecule has 0 radical (unpaired) electrons. The first-order valence-corrected chi connectivity index (χ1v) is 12.8. The number of benzene rings is 3. The molecule has 1 aromatic heterocycles. The van der Waals surface area contributed by atoms with E-state index >= 15 is 0 Å². The van der Waals surface area contributed by atoms with Crippen molar-refractivity contribution >= 4 is 5.82 Å². The molecule has 4 aromatic rings. The molecule has 0 aliphatic carbocycles. The lowest BCUT2D eigenvalue weighted by atomic mass is 9.79. The van der Waals surface area contributed by atoms with Gasteiger partial charge in [0.1, 0.15) is 29.7 Å². The minimum atomic E-state index is -1.43. The molecule has 5 rings (SSSR count). The number of anilines is 1. The third kappa shape index (κ3) is 5.09. The minimum Gasteiger partial charge on any atom is -0.387 e. The fourth-order valence-corrected chi connectivity index (χ4v) is 4.93. The Kier molecular flexibility index (Phi) is 7.33. The van der Waals surface area contributed by atoms with E-state index in [0.717, 1.165) is 38.1 Å². The van der Waals surface area contributed by atoms with E-state index in [1.165, 1.54) is 6.20 Å². The van der Waals surface area contributed by atoms with Crippen LogP contribution < -0.4 is 11.4 Å². The Bertz CT molecular complexity index is 1380. The molecule has 1 aliphatic rings. The van der Waals surface area contributed by atoms with E-state index in [9.17, 15) is 15.0 Å². The van der Waals surface area contributed by atoms with Gasteiger partial charge in [0.2, 0.25) is 0 Å². The first-order chi connectivity index (χ1) is 18.7. The highest BCUT2D eigenvalue weighted by Crippen LogP contribution is 2.42. The lowest BCUT2D eigenvalue weighted by molar-refractivity contribution is -0.0988. The lowest BCUT2D eigenvalue weighted by Gasteiger charge is -2.37. The zero-order valence-corrected chi connectivity index (χ0v) is 22.1. The van der Waals surface area contributed by atoms with E-state index in [0.29, 0.717) is 0 Å². The molecule has 4 N–H and O–H groups in total. The molecule has 3 aromatic carbocycles. The summed E-state index contributed by atoms with van der Waals surface area (Å²) in [5.41, 5.74) is 9.70. The highest BCUT2D eigenvalue weighted by atomic mass is 16.6. The molecule has 1 saturated heterocycles. The summed E-state index contributed by atoms with van der Waals surface area (Å²) in [6, 6.07) is 24.4. The van der Waals surface area contributed by atoms with E-state index in [4.69, 9.17) is 15.2 Å². The van der Waals surface area contributed by atoms with E-state index in [2.05, 4.69) is 10.1 Å². The summed E-state index contributed by atoms with van der Waals surface area (Å²) in [5.74, 6) is -0.0526. The molecule has 0 saturated carbocycles. The fourth-order valence-electron chi connectivity index (χ4n) is 4.93. The van der Waals surface area contributed by atoms with E-state index < -0.39 is 35.8 Å². The summed E-state index contributed by atoms with van der Waals surface area (Å²) in [6.07, 6.45) is -3.79. The highest BCUT2D eigenvalue weighted by Gasteiger charge is 2.47. The monoisotopic (exact) mass is 528 g/mol. The molecular formula is C30H32N4O5. The van der Waals surface area contributed by atoms with Gasteiger partial charge < -0.3 is 25.4 Å². The zero-order valence-electron chi connectivity index (χ0n) is 22.1. The van der Waals surface area contributed by atoms with Crippen molar-refractivity contribution in [3.8, 4) is 0 Å². The average Bonchev–Trinajstić information content (AvgIpc) is 3.20. The number of rotatable bonds is 7. The summed E-state index contributed by atoms with van der Waals surface area (Å²) in [7, 11) is 0. The SMILES string of the molecule is Cc1ccc(C(OC[C@@H]2O[C@@H](n3ncc(N)nc3=O)[C@@H](O)[C@H]2O)(c2ccc(C)cc2)c2ccc(C)cc2)cc1. The van der Waals surface area contributed by atoms with E-state index in [-0.39, 0.29) is 12.4 Å². The number of hydrogen-bond donors (Lipinski definition) is 3. The second-order valence-electron chi connectivity index (χ2n) is 10.0. The molecule has 39 heavy (non-hydrogen) atoms. The Morgan fingerprint density at radius 2 is 1.31 bits per heavy atom. The zero-order chi connectivity index (χ0) is 27.7. The summed E-state index contributed by atoms with van der Waals surface area (Å²) in [4.78, 5) is 16.0. The van der Waals surface area contributed by atoms with Crippen molar-refractivity contribution in [3.63, 3.8) is 0 Å². The third-order valence-corrected chi connectivity index (χ3v) is 7.15. The van der Waals surface area contributed by atoms with Crippen molar-refractivity contribution in [2.24, 2.45) is 0 Å². The Morgan fingerprint density at radius 1 is 0.846 bits per heavy atom. The maximum absolute atomic E-state index is 12.3. The number of aliphatic hydroxyl groups is 2. The van der Waals surface area contributed by atoms with Crippen molar-refractivity contribution in [1.82, 2.24) is 14.8 Å². The van der Waals surface area contributed by atoms with Crippen molar-refractivity contribution < 1.29 is 19.7 Å². The summed E-state index contributed by atoms with van der Waals surface area (Å²) in [5, 5.41) is 25.6. The van der Waals surface area contributed by atoms with Crippen LogP contribution in [0.2, 0.25) is 0 Å². The van der Waals surface area contributed by atoms with Crippen LogP contribution in [0.15, 0.2) is 83.8 Å². The van der Waals surface area contributed by atoms with Gasteiger partial charge >= 0.3 is 5.69 Å². The summed E-state index contributed by atoms with van der Waals surface area (Å²) >= 11 is 0. The van der Waals surface area contributed by atoms with Gasteiger partial charge in [-0.05, 0) is 37.5 Å². The van der Waals surface area contributed by atoms with Gasteiger partial charge in [-0.25, -0.2) is 4.79 Å². The first kappa shape index (κ1) is 26.7. The first-order valence-electron chi connectivity index (χ1n) is 12.8. The number of aromatic nitrogens is 3. The Hall–Kier alpha value is -3.89. The smallest absolute Gasteiger partial charge is 0.368 e. The molecule has 0 bridgehead atoms. The molecule has 9 heteroatoms. The topological polar surface area (TPSA) is 133 Å². The number of aliphatic hydroxyl groups excluding tert-OH is 2. The van der Waals surface area contributed by atoms with Crippen LogP contribution in [0.1, 0.15) is 39.6 Å². The van der Waals surface area contributed by atoms with Crippen LogP contribution in [0.5, 0.6) is 0 Å². The molecule has 1 fully saturated rings. The number of nitrogens with zero attached hydrogens (tertiary/aromatic N) is 3. The molecule has 0 unspecified atom stereocenters. The van der Waals surface area contributed by atoms with Crippen LogP contribution in [0.4, 0.5) is 5.82 Å². The third-order valence-electron chi connectivity index (χ3n) is 7.15. The van der Waals surface area contributed by atoms with Crippen molar-refractivity contribution in [1.29, 1.82) is 0 Å². The standard InChI is InChI=1S/C30H32N4O5/c1-18-4-10-21(11-5-18)30(22-12-6-19(2)7-13-22,23-14-8-20(3)9-15-23)38-17-24-26(35)27(36)28(39-24)34-29(37)33-25(31)16-32-34/h4-16,24,26-28,35-36H,17H2,1-3H3,(H2,31,33,37)/t24-,26-,27-,28+/m0/s1. The van der Waals surface area contributed by atoms with Crippen LogP contribution >= 0.6 is 0 Å². The fraction of sp³-hybridized carbons (Fsp3) is 0.300. The Morgan fingerprint density at radius 3 is 1.74 bits per heavy atom. The predicted octanol–water partition coefficient (Wildman–Crippen LogP) is 2.77. The molecule has 2 heterocycles. The second-order valence-corrected chi connectivity index (χ2v) is 10.0. The summed E-state index contributed by atoms with van der Waals surface area (Å²) in [6.45, 7) is 5.98. The highest BCUT2D eigenvalue weighted by molar-refractivity contribution is 5.49. The van der Waals surface area contributed by atoms with Crippen LogP contribution in [-0.4, -0.2) is 49.9 Å². The number of hydrogen-bond acceptors (Lipinski definition) is 8. The van der Waals surface area contributed by atoms with Gasteiger partial charge in [-0.2, -0.15) is 14.8 Å². The number of nitrogen functional groups attached to an aromatic ring is 1. The van der Waals surface area contributed by atoms with Crippen LogP contribution in [0, 0.1) is 20.8 Å². The predicted molar refractivity (Wildman–Crippen MR) is 146 cm³/mol. The summed E-state index contributed by atoms with van der Waals surface area (Å²) < 4.78 is 13.6. The largest absolute Gasteiger partial charge is 0.387 e. The number of nitrogens with two attached hydrogens (primary N) is 1. The normalized spacial score (nSPS) is 21.3. The molecule has 9 nitrogen and oxygen atoms in total. The van der Waals surface area contributed by atoms with Crippen LogP contribution in [0.25, 0.3) is 0 Å². The minimum absolute atomic E-state index is 0.0526. The van der Waals surface area contributed by atoms with Crippen molar-refractivity contribution in [2.45, 2.75) is 50.9 Å². The van der Waals surface area contributed by atoms with Crippen molar-refractivity contribution in [3.05, 3.63) is 123 Å². The van der Waals surface area contributed by atoms with Gasteiger partial charge in [0, 0.05) is 0 Å². The maximum Gasteiger partial charge on any atom is 0.368 e. The van der Waals surface area contributed by atoms with Gasteiger partial charge in [-0.15, -0.1) is 0 Å². The van der Waals surface area contributed by atoms with E-state index in [1.807, 2.05) is 93.6 Å². The van der Waals surface area contributed by atoms with Gasteiger partial charge in [-0.1, -0.05) is 89.5 Å². The Balaban J connectivity index is 1.56. The van der Waals surface area contributed by atoms with Gasteiger partial charge in [0.05, 0.1) is 12.8 Å². The quantitative estimate of drug-likeness (QED) is 0.312. The molecule has 202 valence electrons.